The van der Waals surface area contributed by atoms with Crippen molar-refractivity contribution >= 4 is 24.0 Å². The molecule has 2 fully saturated rings. The number of alkyl carbamates (subject to hydrolysis) is 1. The zero-order valence-corrected chi connectivity index (χ0v) is 21.7. The van der Waals surface area contributed by atoms with Gasteiger partial charge in [-0.25, -0.2) is 19.2 Å². The highest BCUT2D eigenvalue weighted by Crippen LogP contribution is 2.45. The van der Waals surface area contributed by atoms with Crippen LogP contribution >= 0.6 is 0 Å². The van der Waals surface area contributed by atoms with Gasteiger partial charge in [-0.15, -0.1) is 0 Å². The molecule has 0 saturated heterocycles. The number of hydrogen-bond acceptors (Lipinski definition) is 8. The summed E-state index contributed by atoms with van der Waals surface area (Å²) in [5, 5.41) is 2.83. The number of nitrogens with one attached hydrogen (secondary N) is 1. The second-order valence-electron chi connectivity index (χ2n) is 10.3. The van der Waals surface area contributed by atoms with Crippen LogP contribution in [0.1, 0.15) is 52.9 Å². The lowest BCUT2D eigenvalue weighted by Gasteiger charge is -2.31. The molecule has 0 aromatic rings. The van der Waals surface area contributed by atoms with Crippen molar-refractivity contribution in [3.05, 3.63) is 36.5 Å². The number of carbonyl (C=O) groups is 4. The molecule has 36 heavy (non-hydrogen) atoms. The molecule has 0 heterocycles. The number of rotatable bonds is 13. The minimum atomic E-state index is -1.36. The predicted molar refractivity (Wildman–Crippen MR) is 133 cm³/mol. The molecule has 0 aromatic heterocycles. The maximum atomic E-state index is 12.6. The van der Waals surface area contributed by atoms with Gasteiger partial charge in [-0.2, -0.15) is 0 Å². The Balaban J connectivity index is 2.08. The third-order valence-corrected chi connectivity index (χ3v) is 6.72. The Morgan fingerprint density at radius 2 is 1.22 bits per heavy atom. The Bertz CT molecular complexity index is 818. The summed E-state index contributed by atoms with van der Waals surface area (Å²) in [6, 6.07) is 0. The largest absolute Gasteiger partial charge is 0.461 e. The zero-order chi connectivity index (χ0) is 26.9. The first-order valence-electron chi connectivity index (χ1n) is 12.3. The molecule has 200 valence electrons. The molecular weight excluding hydrogens is 466 g/mol. The number of carbonyl (C=O) groups excluding carboxylic acids is 4. The quantitative estimate of drug-likeness (QED) is 0.228. The molecule has 2 rings (SSSR count). The third kappa shape index (κ3) is 8.84. The summed E-state index contributed by atoms with van der Waals surface area (Å²) < 4.78 is 21.4. The van der Waals surface area contributed by atoms with Gasteiger partial charge in [0.05, 0.1) is 0 Å². The fourth-order valence-electron chi connectivity index (χ4n) is 4.61. The van der Waals surface area contributed by atoms with E-state index in [2.05, 4.69) is 25.1 Å². The van der Waals surface area contributed by atoms with Gasteiger partial charge < -0.3 is 24.3 Å². The van der Waals surface area contributed by atoms with Crippen LogP contribution in [0.2, 0.25) is 0 Å². The van der Waals surface area contributed by atoms with Crippen molar-refractivity contribution in [2.45, 2.75) is 52.9 Å². The molecule has 3 unspecified atom stereocenters. The van der Waals surface area contributed by atoms with E-state index >= 15 is 0 Å². The molecule has 9 nitrogen and oxygen atoms in total. The monoisotopic (exact) mass is 505 g/mol. The van der Waals surface area contributed by atoms with Gasteiger partial charge in [-0.1, -0.05) is 39.0 Å². The van der Waals surface area contributed by atoms with E-state index in [4.69, 9.17) is 18.9 Å². The lowest BCUT2D eigenvalue weighted by Crippen LogP contribution is -2.45. The Morgan fingerprint density at radius 1 is 0.750 bits per heavy atom. The van der Waals surface area contributed by atoms with Crippen LogP contribution in [0.25, 0.3) is 0 Å². The normalized spacial score (nSPS) is 20.6. The summed E-state index contributed by atoms with van der Waals surface area (Å²) in [6.45, 7) is 14.2. The maximum Gasteiger partial charge on any atom is 0.407 e. The molecule has 0 aliphatic heterocycles. The van der Waals surface area contributed by atoms with Gasteiger partial charge in [0.25, 0.3) is 0 Å². The first kappa shape index (κ1) is 29.1. The molecule has 9 heteroatoms. The number of fused-ring (bicyclic) bond motifs is 2. The highest BCUT2D eigenvalue weighted by atomic mass is 16.6. The highest BCUT2D eigenvalue weighted by Gasteiger charge is 2.39. The van der Waals surface area contributed by atoms with Crippen LogP contribution < -0.4 is 5.32 Å². The molecule has 0 aromatic carbocycles. The molecule has 2 aliphatic rings. The number of ether oxygens (including phenoxy) is 4. The lowest BCUT2D eigenvalue weighted by molar-refractivity contribution is -0.160. The van der Waals surface area contributed by atoms with Crippen LogP contribution in [0, 0.1) is 23.2 Å². The summed E-state index contributed by atoms with van der Waals surface area (Å²) in [7, 11) is 0. The minimum absolute atomic E-state index is 0.155. The van der Waals surface area contributed by atoms with E-state index in [1.54, 1.807) is 0 Å². The van der Waals surface area contributed by atoms with Crippen molar-refractivity contribution in [1.82, 2.24) is 5.32 Å². The van der Waals surface area contributed by atoms with Crippen molar-refractivity contribution in [3.63, 3.8) is 0 Å². The second kappa shape index (κ2) is 13.3. The maximum absolute atomic E-state index is 12.6. The molecule has 2 aliphatic carbocycles. The van der Waals surface area contributed by atoms with Gasteiger partial charge in [0.1, 0.15) is 31.8 Å². The van der Waals surface area contributed by atoms with Gasteiger partial charge in [-0.05, 0) is 51.4 Å². The molecule has 3 atom stereocenters. The number of esters is 3. The van der Waals surface area contributed by atoms with Crippen molar-refractivity contribution < 1.29 is 38.1 Å². The first-order valence-corrected chi connectivity index (χ1v) is 12.3. The molecule has 1 amide bonds. The highest BCUT2D eigenvalue weighted by molar-refractivity contribution is 5.88. The van der Waals surface area contributed by atoms with Crippen LogP contribution in [0.5, 0.6) is 0 Å². The summed E-state index contributed by atoms with van der Waals surface area (Å²) in [5.41, 5.74) is -0.894. The van der Waals surface area contributed by atoms with Gasteiger partial charge in [-0.3, -0.25) is 0 Å². The Morgan fingerprint density at radius 3 is 1.67 bits per heavy atom. The van der Waals surface area contributed by atoms with Crippen molar-refractivity contribution in [2.75, 3.05) is 33.0 Å². The molecule has 0 spiro atoms. The van der Waals surface area contributed by atoms with Crippen molar-refractivity contribution in [1.29, 1.82) is 0 Å². The fourth-order valence-corrected chi connectivity index (χ4v) is 4.61. The summed E-state index contributed by atoms with van der Waals surface area (Å²) in [4.78, 5) is 48.8. The summed E-state index contributed by atoms with van der Waals surface area (Å²) in [6.07, 6.45) is 5.38. The number of hydrogen-bond donors (Lipinski definition) is 1. The Kier molecular flexibility index (Phi) is 10.7. The van der Waals surface area contributed by atoms with Gasteiger partial charge in [0.2, 0.25) is 0 Å². The minimum Gasteiger partial charge on any atom is -0.461 e. The standard InChI is InChI=1S/C27H39NO8/c1-17(2)23(29)33-13-27(14-34-24(30)18(3)4,15-35-25(31)19(5)6)16-36-26(32)28-12-22-11-20-8-7-9-21(22)10-20/h20-22H,1,3,5,7-16H2,2,4,6H3,(H,28,32). The van der Waals surface area contributed by atoms with Crippen LogP contribution in [0.15, 0.2) is 36.5 Å². The topological polar surface area (TPSA) is 117 Å². The van der Waals surface area contributed by atoms with Crippen LogP contribution in [-0.2, 0) is 33.3 Å². The van der Waals surface area contributed by atoms with E-state index in [0.29, 0.717) is 18.4 Å². The number of amides is 1. The molecule has 2 bridgehead atoms. The summed E-state index contributed by atoms with van der Waals surface area (Å²) in [5.74, 6) is -0.253. The molecule has 2 saturated carbocycles. The molecular formula is C27H39NO8. The Hall–Kier alpha value is -3.10. The SMILES string of the molecule is C=C(C)C(=O)OCC(COC(=O)NCC1CC2CCCC1C2)(COC(=O)C(=C)C)COC(=O)C(=C)C. The fraction of sp³-hybridized carbons (Fsp3) is 0.630. The van der Waals surface area contributed by atoms with Crippen molar-refractivity contribution in [2.24, 2.45) is 23.2 Å². The predicted octanol–water partition coefficient (Wildman–Crippen LogP) is 3.88. The molecule has 1 N–H and O–H groups in total. The van der Waals surface area contributed by atoms with E-state index < -0.39 is 29.4 Å². The van der Waals surface area contributed by atoms with Crippen LogP contribution in [0.3, 0.4) is 0 Å². The van der Waals surface area contributed by atoms with Gasteiger partial charge in [0, 0.05) is 23.3 Å². The first-order chi connectivity index (χ1) is 16.9. The Labute approximate surface area is 213 Å². The van der Waals surface area contributed by atoms with E-state index in [9.17, 15) is 19.2 Å². The average molecular weight is 506 g/mol. The average Bonchev–Trinajstić information content (AvgIpc) is 3.12. The van der Waals surface area contributed by atoms with E-state index in [-0.39, 0.29) is 43.1 Å². The van der Waals surface area contributed by atoms with Crippen LogP contribution in [-0.4, -0.2) is 57.0 Å². The van der Waals surface area contributed by atoms with E-state index in [1.807, 2.05) is 0 Å². The van der Waals surface area contributed by atoms with Gasteiger partial charge in [0.15, 0.2) is 0 Å². The summed E-state index contributed by atoms with van der Waals surface area (Å²) >= 11 is 0. The van der Waals surface area contributed by atoms with Crippen molar-refractivity contribution in [3.8, 4) is 0 Å². The second-order valence-corrected chi connectivity index (χ2v) is 10.3. The zero-order valence-electron chi connectivity index (χ0n) is 21.7. The molecule has 0 radical (unpaired) electrons. The smallest absolute Gasteiger partial charge is 0.407 e. The van der Waals surface area contributed by atoms with Gasteiger partial charge >= 0.3 is 24.0 Å². The van der Waals surface area contributed by atoms with E-state index in [1.165, 1.54) is 46.5 Å². The third-order valence-electron chi connectivity index (χ3n) is 6.72. The lowest BCUT2D eigenvalue weighted by atomic mass is 9.87. The van der Waals surface area contributed by atoms with E-state index in [0.717, 1.165) is 12.3 Å². The van der Waals surface area contributed by atoms with Crippen LogP contribution in [0.4, 0.5) is 4.79 Å².